The van der Waals surface area contributed by atoms with Gasteiger partial charge in [-0.25, -0.2) is 9.97 Å². The molecular formula is C22H23I4N5. The summed E-state index contributed by atoms with van der Waals surface area (Å²) in [6.45, 7) is 0.593. The fraction of sp³-hybridized carbons (Fsp3) is 0.0909. The topological polar surface area (TPSA) is 83.4 Å². The Bertz CT molecular complexity index is 1260. The van der Waals surface area contributed by atoms with Gasteiger partial charge in [0, 0.05) is 22.1 Å². The van der Waals surface area contributed by atoms with Crippen LogP contribution in [0.15, 0.2) is 48.5 Å². The molecule has 0 atom stereocenters. The molecule has 0 saturated carbocycles. The average molecular weight is 865 g/mol. The summed E-state index contributed by atoms with van der Waals surface area (Å²) in [6.07, 6.45) is 6.93. The molecule has 3 aromatic rings. The van der Waals surface area contributed by atoms with E-state index in [0.717, 1.165) is 56.8 Å². The first-order valence-electron chi connectivity index (χ1n) is 9.03. The van der Waals surface area contributed by atoms with Crippen molar-refractivity contribution < 1.29 is 0 Å². The van der Waals surface area contributed by atoms with Crippen molar-refractivity contribution in [1.29, 1.82) is 0 Å². The SMILES string of the molecule is I.I.I.I.NCCC1=Cc2cc3ccc(cc4ccc(cc5nc(cc1n2)C=C5)[nH]4)[nH]3. The minimum Gasteiger partial charge on any atom is -0.355 e. The second-order valence-electron chi connectivity index (χ2n) is 6.74. The van der Waals surface area contributed by atoms with Crippen molar-refractivity contribution in [3.63, 3.8) is 0 Å². The Morgan fingerprint density at radius 1 is 0.645 bits per heavy atom. The van der Waals surface area contributed by atoms with E-state index < -0.39 is 0 Å². The van der Waals surface area contributed by atoms with Crippen LogP contribution in [0.4, 0.5) is 0 Å². The van der Waals surface area contributed by atoms with Crippen LogP contribution in [0.25, 0.3) is 45.9 Å². The maximum atomic E-state index is 5.79. The number of rotatable bonds is 2. The molecule has 9 heteroatoms. The number of aromatic nitrogens is 4. The van der Waals surface area contributed by atoms with Gasteiger partial charge in [0.05, 0.1) is 22.8 Å². The molecule has 0 saturated heterocycles. The van der Waals surface area contributed by atoms with Crippen LogP contribution in [0.2, 0.25) is 0 Å². The molecule has 31 heavy (non-hydrogen) atoms. The molecule has 5 rings (SSSR count). The van der Waals surface area contributed by atoms with Crippen molar-refractivity contribution in [3.05, 3.63) is 71.3 Å². The van der Waals surface area contributed by atoms with E-state index in [0.29, 0.717) is 6.54 Å². The maximum absolute atomic E-state index is 5.79. The first-order valence-corrected chi connectivity index (χ1v) is 9.03. The number of nitrogens with zero attached hydrogens (tertiary/aromatic N) is 2. The van der Waals surface area contributed by atoms with Gasteiger partial charge in [-0.3, -0.25) is 0 Å². The third-order valence-electron chi connectivity index (χ3n) is 4.66. The molecule has 2 aliphatic rings. The lowest BCUT2D eigenvalue weighted by Gasteiger charge is -1.97. The van der Waals surface area contributed by atoms with Gasteiger partial charge in [-0.2, -0.15) is 0 Å². The Kier molecular flexibility index (Phi) is 11.6. The molecule has 0 aliphatic carbocycles. The van der Waals surface area contributed by atoms with E-state index in [9.17, 15) is 0 Å². The van der Waals surface area contributed by atoms with Gasteiger partial charge in [-0.1, -0.05) is 0 Å². The summed E-state index contributed by atoms with van der Waals surface area (Å²) in [5, 5.41) is 0. The van der Waals surface area contributed by atoms with E-state index in [2.05, 4.69) is 52.4 Å². The highest BCUT2D eigenvalue weighted by Gasteiger charge is 2.10. The molecule has 0 fully saturated rings. The molecule has 0 aromatic carbocycles. The van der Waals surface area contributed by atoms with E-state index in [1.807, 2.05) is 24.3 Å². The zero-order valence-corrected chi connectivity index (χ0v) is 25.7. The molecule has 3 aromatic heterocycles. The number of hydrogen-bond acceptors (Lipinski definition) is 3. The van der Waals surface area contributed by atoms with Gasteiger partial charge in [-0.05, 0) is 85.3 Å². The van der Waals surface area contributed by atoms with Crippen LogP contribution in [0.3, 0.4) is 0 Å². The lowest BCUT2D eigenvalue weighted by atomic mass is 10.1. The van der Waals surface area contributed by atoms with Crippen LogP contribution in [0, 0.1) is 0 Å². The summed E-state index contributed by atoms with van der Waals surface area (Å²) >= 11 is 0. The molecule has 4 N–H and O–H groups in total. The molecule has 5 heterocycles. The molecule has 0 amide bonds. The highest BCUT2D eigenvalue weighted by atomic mass is 127. The van der Waals surface area contributed by atoms with Gasteiger partial charge >= 0.3 is 0 Å². The highest BCUT2D eigenvalue weighted by Crippen LogP contribution is 2.25. The number of H-pyrrole nitrogens is 2. The zero-order chi connectivity index (χ0) is 18.2. The number of fused-ring (bicyclic) bond motifs is 8. The largest absolute Gasteiger partial charge is 0.355 e. The third kappa shape index (κ3) is 6.74. The zero-order valence-electron chi connectivity index (χ0n) is 16.4. The lowest BCUT2D eigenvalue weighted by Crippen LogP contribution is -1.99. The predicted molar refractivity (Wildman–Crippen MR) is 173 cm³/mol. The van der Waals surface area contributed by atoms with Crippen molar-refractivity contribution in [2.45, 2.75) is 6.42 Å². The van der Waals surface area contributed by atoms with E-state index in [-0.39, 0.29) is 95.9 Å². The van der Waals surface area contributed by atoms with E-state index in [1.54, 1.807) is 0 Å². The van der Waals surface area contributed by atoms with Crippen molar-refractivity contribution in [1.82, 2.24) is 19.9 Å². The van der Waals surface area contributed by atoms with Crippen LogP contribution >= 0.6 is 95.9 Å². The van der Waals surface area contributed by atoms with Crippen LogP contribution in [-0.4, -0.2) is 26.5 Å². The Labute approximate surface area is 248 Å². The number of nitrogens with two attached hydrogens (primary N) is 1. The minimum absolute atomic E-state index is 0. The van der Waals surface area contributed by atoms with Gasteiger partial charge in [0.2, 0.25) is 0 Å². The Hall–Kier alpha value is -0.520. The Balaban J connectivity index is 0.00000120. The maximum Gasteiger partial charge on any atom is 0.0691 e. The van der Waals surface area contributed by atoms with Crippen LogP contribution < -0.4 is 5.73 Å². The van der Waals surface area contributed by atoms with Gasteiger partial charge in [0.25, 0.3) is 0 Å². The van der Waals surface area contributed by atoms with Gasteiger partial charge in [0.15, 0.2) is 0 Å². The molecular weight excluding hydrogens is 842 g/mol. The summed E-state index contributed by atoms with van der Waals surface area (Å²) < 4.78 is 0. The number of nitrogens with one attached hydrogen (secondary N) is 2. The van der Waals surface area contributed by atoms with Crippen LogP contribution in [0.5, 0.6) is 0 Å². The molecule has 0 spiro atoms. The number of halogens is 4. The minimum atomic E-state index is 0. The fourth-order valence-electron chi connectivity index (χ4n) is 3.43. The average Bonchev–Trinajstić information content (AvgIpc) is 3.41. The van der Waals surface area contributed by atoms with Crippen LogP contribution in [0.1, 0.15) is 29.2 Å². The van der Waals surface area contributed by atoms with E-state index in [1.165, 1.54) is 0 Å². The molecule has 0 unspecified atom stereocenters. The molecule has 5 nitrogen and oxygen atoms in total. The smallest absolute Gasteiger partial charge is 0.0691 e. The number of hydrogen-bond donors (Lipinski definition) is 3. The molecule has 8 bridgehead atoms. The molecule has 0 radical (unpaired) electrons. The van der Waals surface area contributed by atoms with Crippen molar-refractivity contribution in [3.8, 4) is 0 Å². The van der Waals surface area contributed by atoms with Crippen molar-refractivity contribution in [2.24, 2.45) is 5.73 Å². The first-order chi connectivity index (χ1) is 13.2. The second-order valence-corrected chi connectivity index (χ2v) is 6.74. The fourth-order valence-corrected chi connectivity index (χ4v) is 3.43. The first kappa shape index (κ1) is 28.5. The predicted octanol–water partition coefficient (Wildman–Crippen LogP) is 6.85. The Morgan fingerprint density at radius 2 is 1.16 bits per heavy atom. The number of aromatic amines is 2. The van der Waals surface area contributed by atoms with Crippen LogP contribution in [-0.2, 0) is 0 Å². The molecule has 164 valence electrons. The standard InChI is InChI=1S/C22H19N5.4HI/c23-8-7-14-9-21-12-19-4-3-17(25-19)10-15-1-2-16(24-15)11-18-5-6-20(26-18)13-22(14)27-21;;;;/h1-6,9-13,24-25H,7-8,23H2;4*1H. The quantitative estimate of drug-likeness (QED) is 0.193. The summed E-state index contributed by atoms with van der Waals surface area (Å²) in [4.78, 5) is 16.3. The lowest BCUT2D eigenvalue weighted by molar-refractivity contribution is 1.02. The highest BCUT2D eigenvalue weighted by molar-refractivity contribution is 14.0. The van der Waals surface area contributed by atoms with Gasteiger partial charge in [0.1, 0.15) is 0 Å². The van der Waals surface area contributed by atoms with E-state index in [4.69, 9.17) is 15.7 Å². The summed E-state index contributed by atoms with van der Waals surface area (Å²) in [5.74, 6) is 0. The van der Waals surface area contributed by atoms with Crippen molar-refractivity contribution in [2.75, 3.05) is 6.54 Å². The third-order valence-corrected chi connectivity index (χ3v) is 4.66. The summed E-state index contributed by atoms with van der Waals surface area (Å²) in [5.41, 5.74) is 14.7. The summed E-state index contributed by atoms with van der Waals surface area (Å²) in [7, 11) is 0. The monoisotopic (exact) mass is 865 g/mol. The molecule has 2 aliphatic heterocycles. The van der Waals surface area contributed by atoms with E-state index >= 15 is 0 Å². The summed E-state index contributed by atoms with van der Waals surface area (Å²) in [6, 6.07) is 16.5. The Morgan fingerprint density at radius 3 is 1.74 bits per heavy atom. The van der Waals surface area contributed by atoms with Gasteiger partial charge < -0.3 is 15.7 Å². The van der Waals surface area contributed by atoms with Gasteiger partial charge in [-0.15, -0.1) is 95.9 Å². The second kappa shape index (κ2) is 12.6. The normalized spacial score (nSPS) is 11.3. The van der Waals surface area contributed by atoms with Crippen molar-refractivity contribution >= 4 is 142 Å².